The number of nitrogens with two attached hydrogens (primary N) is 1. The molecule has 2 amide bonds. The Morgan fingerprint density at radius 2 is 2.07 bits per heavy atom. The average Bonchev–Trinajstić information content (AvgIpc) is 3.27. The second kappa shape index (κ2) is 8.59. The zero-order valence-electron chi connectivity index (χ0n) is 17.0. The molecule has 1 saturated heterocycles. The monoisotopic (exact) mass is 417 g/mol. The van der Waals surface area contributed by atoms with Gasteiger partial charge in [0.2, 0.25) is 11.8 Å². The van der Waals surface area contributed by atoms with Crippen molar-refractivity contribution in [2.75, 3.05) is 31.5 Å². The number of fused-ring (bicyclic) bond motifs is 1. The first kappa shape index (κ1) is 20.6. The third kappa shape index (κ3) is 4.56. The molecular formula is C21H28FN5O3. The number of carbonyl (C=O) groups excluding carboxylic acids is 2. The van der Waals surface area contributed by atoms with Crippen LogP contribution < -0.4 is 16.4 Å². The summed E-state index contributed by atoms with van der Waals surface area (Å²) in [5.41, 5.74) is 5.69. The fraction of sp³-hybridized carbons (Fsp3) is 0.571. The van der Waals surface area contributed by atoms with Gasteiger partial charge < -0.3 is 25.8 Å². The number of halogens is 1. The van der Waals surface area contributed by atoms with Crippen LogP contribution in [0.5, 0.6) is 0 Å². The molecule has 9 heteroatoms. The van der Waals surface area contributed by atoms with Crippen molar-refractivity contribution in [3.63, 3.8) is 0 Å². The Balaban J connectivity index is 1.10. The van der Waals surface area contributed by atoms with Crippen LogP contribution in [0.2, 0.25) is 0 Å². The minimum atomic E-state index is -0.555. The number of aromatic nitrogens is 1. The van der Waals surface area contributed by atoms with Crippen LogP contribution in [0.3, 0.4) is 0 Å². The lowest BCUT2D eigenvalue weighted by molar-refractivity contribution is -0.132. The maximum atomic E-state index is 13.4. The molecule has 1 aliphatic heterocycles. The van der Waals surface area contributed by atoms with Crippen molar-refractivity contribution in [1.82, 2.24) is 15.4 Å². The lowest BCUT2D eigenvalue weighted by Crippen LogP contribution is -2.32. The van der Waals surface area contributed by atoms with Gasteiger partial charge in [-0.05, 0) is 62.8 Å². The molecule has 2 fully saturated rings. The predicted octanol–water partition coefficient (Wildman–Crippen LogP) is 2.01. The number of anilines is 1. The van der Waals surface area contributed by atoms with E-state index in [1.165, 1.54) is 12.1 Å². The number of hydrogen-bond acceptors (Lipinski definition) is 6. The molecule has 162 valence electrons. The predicted molar refractivity (Wildman–Crippen MR) is 110 cm³/mol. The van der Waals surface area contributed by atoms with Crippen molar-refractivity contribution >= 4 is 28.6 Å². The van der Waals surface area contributed by atoms with E-state index in [0.717, 1.165) is 51.7 Å². The summed E-state index contributed by atoms with van der Waals surface area (Å²) in [5.74, 6) is 0.224. The van der Waals surface area contributed by atoms with E-state index in [9.17, 15) is 14.0 Å². The lowest BCUT2D eigenvalue weighted by atomic mass is 9.80. The number of benzene rings is 1. The molecule has 1 aromatic heterocycles. The molecule has 0 bridgehead atoms. The Kier molecular flexibility index (Phi) is 5.90. The third-order valence-electron chi connectivity index (χ3n) is 6.34. The van der Waals surface area contributed by atoms with Crippen molar-refractivity contribution in [2.45, 2.75) is 44.1 Å². The summed E-state index contributed by atoms with van der Waals surface area (Å²) in [7, 11) is 0. The van der Waals surface area contributed by atoms with Crippen LogP contribution in [0.4, 0.5) is 10.2 Å². The molecule has 2 heterocycles. The van der Waals surface area contributed by atoms with Gasteiger partial charge >= 0.3 is 0 Å². The highest BCUT2D eigenvalue weighted by Gasteiger charge is 2.55. The van der Waals surface area contributed by atoms with E-state index in [1.54, 1.807) is 6.07 Å². The van der Waals surface area contributed by atoms with Crippen molar-refractivity contribution < 1.29 is 18.5 Å². The summed E-state index contributed by atoms with van der Waals surface area (Å²) < 4.78 is 18.6. The number of rotatable bonds is 9. The van der Waals surface area contributed by atoms with Gasteiger partial charge in [-0.25, -0.2) is 4.39 Å². The van der Waals surface area contributed by atoms with Crippen molar-refractivity contribution in [3.8, 4) is 0 Å². The quantitative estimate of drug-likeness (QED) is 0.327. The molecule has 4 rings (SSSR count). The first-order valence-electron chi connectivity index (χ1n) is 10.6. The van der Waals surface area contributed by atoms with Gasteiger partial charge in [0.1, 0.15) is 12.2 Å². The highest BCUT2D eigenvalue weighted by Crippen LogP contribution is 2.47. The van der Waals surface area contributed by atoms with Gasteiger partial charge in [-0.15, -0.1) is 0 Å². The summed E-state index contributed by atoms with van der Waals surface area (Å²) in [5, 5.41) is 11.2. The molecule has 0 atom stereocenters. The van der Waals surface area contributed by atoms with Gasteiger partial charge in [-0.2, -0.15) is 0 Å². The first-order valence-corrected chi connectivity index (χ1v) is 10.6. The van der Waals surface area contributed by atoms with Crippen LogP contribution in [0.15, 0.2) is 22.7 Å². The summed E-state index contributed by atoms with van der Waals surface area (Å²) >= 11 is 0. The second-order valence-electron chi connectivity index (χ2n) is 8.43. The number of amides is 2. The summed E-state index contributed by atoms with van der Waals surface area (Å²) in [6.07, 6.45) is 5.16. The van der Waals surface area contributed by atoms with E-state index in [0.29, 0.717) is 29.2 Å². The molecule has 0 unspecified atom stereocenters. The molecule has 0 radical (unpaired) electrons. The van der Waals surface area contributed by atoms with Crippen LogP contribution in [0.1, 0.15) is 38.5 Å². The summed E-state index contributed by atoms with van der Waals surface area (Å²) in [4.78, 5) is 24.8. The normalized spacial score (nSPS) is 23.1. The first-order chi connectivity index (χ1) is 14.5. The third-order valence-corrected chi connectivity index (χ3v) is 6.34. The standard InChI is InChI=1S/C21H28FN5O3/c22-15-1-2-17-16(11-15)20(26-30-17)25-10-9-24-8-5-14-3-6-21(7-4-14)13-27(21)19(29)12-18(23)28/h1-2,11,14,24H,3-10,12-13H2,(H2,23,28)(H,25,26). The maximum absolute atomic E-state index is 13.4. The number of hydrogen-bond donors (Lipinski definition) is 3. The van der Waals surface area contributed by atoms with E-state index in [2.05, 4.69) is 15.8 Å². The molecule has 4 N–H and O–H groups in total. The van der Waals surface area contributed by atoms with E-state index >= 15 is 0 Å². The lowest BCUT2D eigenvalue weighted by Gasteiger charge is -2.29. The van der Waals surface area contributed by atoms with Gasteiger partial charge in [-0.3, -0.25) is 9.59 Å². The number of primary amides is 1. The second-order valence-corrected chi connectivity index (χ2v) is 8.43. The van der Waals surface area contributed by atoms with Gasteiger partial charge in [0.05, 0.1) is 10.9 Å². The van der Waals surface area contributed by atoms with Crippen LogP contribution in [0, 0.1) is 11.7 Å². The highest BCUT2D eigenvalue weighted by molar-refractivity contribution is 5.97. The minimum absolute atomic E-state index is 0.000222. The highest BCUT2D eigenvalue weighted by atomic mass is 19.1. The molecule has 8 nitrogen and oxygen atoms in total. The zero-order chi connectivity index (χ0) is 21.1. The molecule has 1 aliphatic carbocycles. The fourth-order valence-corrected chi connectivity index (χ4v) is 4.53. The van der Waals surface area contributed by atoms with Crippen LogP contribution in [-0.2, 0) is 9.59 Å². The van der Waals surface area contributed by atoms with Crippen LogP contribution in [-0.4, -0.2) is 53.6 Å². The van der Waals surface area contributed by atoms with Crippen LogP contribution in [0.25, 0.3) is 11.0 Å². The molecule has 2 aliphatic rings. The van der Waals surface area contributed by atoms with Gasteiger partial charge in [-0.1, -0.05) is 5.16 Å². The van der Waals surface area contributed by atoms with Gasteiger partial charge in [0.25, 0.3) is 0 Å². The molecular weight excluding hydrogens is 389 g/mol. The van der Waals surface area contributed by atoms with E-state index in [1.807, 2.05) is 4.90 Å². The maximum Gasteiger partial charge on any atom is 0.232 e. The average molecular weight is 417 g/mol. The van der Waals surface area contributed by atoms with E-state index in [-0.39, 0.29) is 23.7 Å². The molecule has 30 heavy (non-hydrogen) atoms. The topological polar surface area (TPSA) is 113 Å². The molecule has 1 saturated carbocycles. The fourth-order valence-electron chi connectivity index (χ4n) is 4.53. The van der Waals surface area contributed by atoms with Crippen molar-refractivity contribution in [1.29, 1.82) is 0 Å². The smallest absolute Gasteiger partial charge is 0.232 e. The Bertz CT molecular complexity index is 923. The number of nitrogens with zero attached hydrogens (tertiary/aromatic N) is 2. The zero-order valence-corrected chi connectivity index (χ0v) is 17.0. The number of nitrogens with one attached hydrogen (secondary N) is 2. The minimum Gasteiger partial charge on any atom is -0.369 e. The molecule has 2 aromatic rings. The van der Waals surface area contributed by atoms with E-state index in [4.69, 9.17) is 10.3 Å². The summed E-state index contributed by atoms with van der Waals surface area (Å²) in [6.45, 7) is 3.15. The Morgan fingerprint density at radius 3 is 2.83 bits per heavy atom. The van der Waals surface area contributed by atoms with E-state index < -0.39 is 5.91 Å². The Hall–Kier alpha value is -2.68. The van der Waals surface area contributed by atoms with Gasteiger partial charge in [0.15, 0.2) is 11.4 Å². The Labute approximate surface area is 174 Å². The largest absolute Gasteiger partial charge is 0.369 e. The molecule has 1 spiro atoms. The van der Waals surface area contributed by atoms with Crippen LogP contribution >= 0.6 is 0 Å². The van der Waals surface area contributed by atoms with Gasteiger partial charge in [0, 0.05) is 19.6 Å². The van der Waals surface area contributed by atoms with Crippen molar-refractivity contribution in [3.05, 3.63) is 24.0 Å². The molecule has 1 aromatic carbocycles. The number of carbonyl (C=O) groups is 2. The SMILES string of the molecule is NC(=O)CC(=O)N1CC12CCC(CCNCCNc1noc3ccc(F)cc13)CC2. The Morgan fingerprint density at radius 1 is 1.27 bits per heavy atom. The summed E-state index contributed by atoms with van der Waals surface area (Å²) in [6, 6.07) is 4.34. The van der Waals surface area contributed by atoms with Crippen molar-refractivity contribution in [2.24, 2.45) is 11.7 Å².